The van der Waals surface area contributed by atoms with E-state index in [2.05, 4.69) is 20.0 Å². The van der Waals surface area contributed by atoms with Crippen molar-refractivity contribution in [3.8, 4) is 0 Å². The highest BCUT2D eigenvalue weighted by Gasteiger charge is 2.54. The summed E-state index contributed by atoms with van der Waals surface area (Å²) in [5.41, 5.74) is 4.07. The maximum absolute atomic E-state index is 13.2. The van der Waals surface area contributed by atoms with Gasteiger partial charge in [-0.25, -0.2) is 10.1 Å². The first-order valence-corrected chi connectivity index (χ1v) is 14.9. The number of rotatable bonds is 7. The first-order valence-electron chi connectivity index (χ1n) is 11.7. The molecular weight excluding hydrogens is 539 g/mol. The molecular formula is C22H27N6O8PS. The molecule has 3 aromatic rings. The summed E-state index contributed by atoms with van der Waals surface area (Å²) in [6, 6.07) is 8.37. The summed E-state index contributed by atoms with van der Waals surface area (Å²) < 4.78 is 31.5. The lowest BCUT2D eigenvalue weighted by Crippen LogP contribution is -2.44. The van der Waals surface area contributed by atoms with Gasteiger partial charge in [-0.05, 0) is 19.4 Å². The predicted molar refractivity (Wildman–Crippen MR) is 137 cm³/mol. The Morgan fingerprint density at radius 1 is 1.42 bits per heavy atom. The van der Waals surface area contributed by atoms with Gasteiger partial charge in [0.25, 0.3) is 5.56 Å². The Morgan fingerprint density at radius 3 is 2.89 bits per heavy atom. The molecule has 2 aliphatic rings. The van der Waals surface area contributed by atoms with E-state index < -0.39 is 54.4 Å². The number of fused-ring (bicyclic) bond motifs is 1. The van der Waals surface area contributed by atoms with Crippen molar-refractivity contribution in [3.05, 3.63) is 52.6 Å². The van der Waals surface area contributed by atoms with Crippen molar-refractivity contribution >= 4 is 41.2 Å². The molecule has 0 saturated carbocycles. The fourth-order valence-corrected chi connectivity index (χ4v) is 8.23. The molecule has 2 aliphatic heterocycles. The van der Waals surface area contributed by atoms with Gasteiger partial charge < -0.3 is 29.9 Å². The minimum absolute atomic E-state index is 0.0247. The molecule has 0 aliphatic carbocycles. The molecule has 2 fully saturated rings. The van der Waals surface area contributed by atoms with E-state index >= 15 is 0 Å². The average molecular weight is 567 g/mol. The monoisotopic (exact) mass is 566 g/mol. The maximum atomic E-state index is 13.2. The summed E-state index contributed by atoms with van der Waals surface area (Å²) >= 11 is 0.937. The smallest absolute Gasteiger partial charge is 0.327 e. The van der Waals surface area contributed by atoms with E-state index in [4.69, 9.17) is 19.7 Å². The zero-order chi connectivity index (χ0) is 27.2. The van der Waals surface area contributed by atoms with Gasteiger partial charge in [-0.3, -0.25) is 23.7 Å². The number of anilines is 1. The number of aliphatic hydroxyl groups excluding tert-OH is 1. The quantitative estimate of drug-likeness (QED) is 0.199. The number of imidazole rings is 1. The van der Waals surface area contributed by atoms with Crippen LogP contribution in [0.25, 0.3) is 11.2 Å². The third-order valence-corrected chi connectivity index (χ3v) is 10.5. The zero-order valence-electron chi connectivity index (χ0n) is 20.4. The van der Waals surface area contributed by atoms with Crippen LogP contribution in [0.1, 0.15) is 31.7 Å². The van der Waals surface area contributed by atoms with Crippen LogP contribution in [0.3, 0.4) is 0 Å². The normalized spacial score (nSPS) is 32.0. The molecule has 16 heteroatoms. The van der Waals surface area contributed by atoms with E-state index in [1.807, 2.05) is 30.3 Å². The van der Waals surface area contributed by atoms with Crippen molar-refractivity contribution < 1.29 is 33.6 Å². The number of aromatic amines is 1. The summed E-state index contributed by atoms with van der Waals surface area (Å²) in [5, 5.41) is 24.5. The van der Waals surface area contributed by atoms with Crippen molar-refractivity contribution in [2.24, 2.45) is 0 Å². The van der Waals surface area contributed by atoms with Gasteiger partial charge in [0.05, 0.1) is 12.9 Å². The molecule has 0 bridgehead atoms. The maximum Gasteiger partial charge on any atom is 0.327 e. The number of nitrogens with zero attached hydrogens (tertiary/aromatic N) is 3. The number of ether oxygens (including phenoxy) is 2. The van der Waals surface area contributed by atoms with Gasteiger partial charge in [-0.15, -0.1) is 0 Å². The summed E-state index contributed by atoms with van der Waals surface area (Å²) in [6.45, 7) is -0.825. The second-order valence-corrected chi connectivity index (χ2v) is 13.6. The first-order chi connectivity index (χ1) is 18.0. The Balaban J connectivity index is 1.23. The molecule has 14 nitrogen and oxygen atoms in total. The van der Waals surface area contributed by atoms with Gasteiger partial charge in [-0.2, -0.15) is 4.98 Å². The molecule has 0 spiro atoms. The molecule has 2 aromatic heterocycles. The number of aromatic nitrogens is 4. The third kappa shape index (κ3) is 4.98. The zero-order valence-corrected chi connectivity index (χ0v) is 22.1. The molecule has 38 heavy (non-hydrogen) atoms. The number of esters is 1. The van der Waals surface area contributed by atoms with Crippen molar-refractivity contribution in [2.45, 2.75) is 50.0 Å². The molecule has 7 atom stereocenters. The van der Waals surface area contributed by atoms with Crippen molar-refractivity contribution in [1.29, 1.82) is 0 Å². The number of benzene rings is 1. The number of aliphatic hydroxyl groups is 2. The van der Waals surface area contributed by atoms with E-state index in [1.165, 1.54) is 17.8 Å². The van der Waals surface area contributed by atoms with Gasteiger partial charge >= 0.3 is 12.7 Å². The van der Waals surface area contributed by atoms with E-state index in [0.717, 1.165) is 16.9 Å². The highest BCUT2D eigenvalue weighted by atomic mass is 32.7. The Hall–Kier alpha value is -2.78. The van der Waals surface area contributed by atoms with Crippen LogP contribution >= 0.6 is 18.1 Å². The lowest BCUT2D eigenvalue weighted by Gasteiger charge is -2.27. The van der Waals surface area contributed by atoms with Crippen LogP contribution in [-0.4, -0.2) is 71.9 Å². The lowest BCUT2D eigenvalue weighted by atomic mass is 9.96. The Kier molecular flexibility index (Phi) is 7.11. The lowest BCUT2D eigenvalue weighted by molar-refractivity contribution is -0.150. The topological polar surface area (TPSA) is 204 Å². The molecule has 4 heterocycles. The Bertz CT molecular complexity index is 1450. The van der Waals surface area contributed by atoms with Crippen molar-refractivity contribution in [2.75, 3.05) is 18.1 Å². The second-order valence-electron chi connectivity index (χ2n) is 9.23. The van der Waals surface area contributed by atoms with Crippen LogP contribution < -0.4 is 16.4 Å². The SMILES string of the molecule is C[C@H](OC(=O)[C@@H]1CSP(=O)(OC[C@H]2OC(n3cnc4c(=O)[nH]c(N)nc43)[C@](C)(O)[C@@H]2O)N1)c1ccccc1. The average Bonchev–Trinajstić information content (AvgIpc) is 3.54. The van der Waals surface area contributed by atoms with Crippen LogP contribution in [0.15, 0.2) is 41.5 Å². The largest absolute Gasteiger partial charge is 0.457 e. The Morgan fingerprint density at radius 2 is 2.16 bits per heavy atom. The van der Waals surface area contributed by atoms with Gasteiger partial charge in [0.1, 0.15) is 30.0 Å². The number of hydrogen-bond donors (Lipinski definition) is 5. The number of H-pyrrole nitrogens is 1. The minimum Gasteiger partial charge on any atom is -0.457 e. The van der Waals surface area contributed by atoms with Gasteiger partial charge in [-0.1, -0.05) is 41.7 Å². The molecule has 204 valence electrons. The molecule has 1 aromatic carbocycles. The molecule has 5 rings (SSSR count). The van der Waals surface area contributed by atoms with Crippen LogP contribution in [0.4, 0.5) is 5.95 Å². The van der Waals surface area contributed by atoms with Crippen molar-refractivity contribution in [3.63, 3.8) is 0 Å². The third-order valence-electron chi connectivity index (χ3n) is 6.44. The van der Waals surface area contributed by atoms with E-state index in [1.54, 1.807) is 6.92 Å². The fraction of sp³-hybridized carbons (Fsp3) is 0.455. The number of nitrogens with one attached hydrogen (secondary N) is 2. The number of nitrogens with two attached hydrogens (primary N) is 1. The summed E-state index contributed by atoms with van der Waals surface area (Å²) in [7, 11) is 0. The number of nitrogen functional groups attached to an aromatic ring is 1. The van der Waals surface area contributed by atoms with Gasteiger partial charge in [0.15, 0.2) is 17.4 Å². The number of hydrogen-bond acceptors (Lipinski definition) is 12. The molecule has 6 N–H and O–H groups in total. The van der Waals surface area contributed by atoms with Crippen molar-refractivity contribution in [1.82, 2.24) is 24.6 Å². The van der Waals surface area contributed by atoms with Gasteiger partial charge in [0.2, 0.25) is 5.95 Å². The summed E-state index contributed by atoms with van der Waals surface area (Å²) in [4.78, 5) is 35.1. The number of carbonyl (C=O) groups is 1. The Labute approximate surface area is 220 Å². The second kappa shape index (κ2) is 10.1. The predicted octanol–water partition coefficient (Wildman–Crippen LogP) is 0.845. The van der Waals surface area contributed by atoms with Crippen LogP contribution in [0, 0.1) is 0 Å². The fourth-order valence-electron chi connectivity index (χ4n) is 4.35. The minimum atomic E-state index is -3.55. The summed E-state index contributed by atoms with van der Waals surface area (Å²) in [6.07, 6.45) is -3.03. The first kappa shape index (κ1) is 26.8. The van der Waals surface area contributed by atoms with Crippen LogP contribution in [0.2, 0.25) is 0 Å². The molecule has 0 amide bonds. The molecule has 0 radical (unpaired) electrons. The van der Waals surface area contributed by atoms with E-state index in [0.29, 0.717) is 0 Å². The standard InChI is InChI=1S/C22H27N6O8PS/c1-11(12-6-4-3-5-7-12)35-19(31)13-9-38-37(33,27-13)34-8-14-16(29)22(2,32)20(36-14)28-10-24-15-17(28)25-21(23)26-18(15)30/h3-7,10-11,13-14,16,20,29,32H,8-9H2,1-2H3,(H,27,33)(H3,23,25,26,30)/t11-,13-,14+,16+,20?,22+,37?/m0/s1. The number of carbonyl (C=O) groups excluding carboxylic acids is 1. The van der Waals surface area contributed by atoms with Crippen LogP contribution in [0.5, 0.6) is 0 Å². The highest BCUT2D eigenvalue weighted by molar-refractivity contribution is 8.56. The van der Waals surface area contributed by atoms with E-state index in [9.17, 15) is 24.4 Å². The summed E-state index contributed by atoms with van der Waals surface area (Å²) in [5.74, 6) is -0.561. The van der Waals surface area contributed by atoms with E-state index in [-0.39, 0.29) is 29.5 Å². The highest BCUT2D eigenvalue weighted by Crippen LogP contribution is 2.61. The molecule has 2 saturated heterocycles. The van der Waals surface area contributed by atoms with Gasteiger partial charge in [0, 0.05) is 5.75 Å². The van der Waals surface area contributed by atoms with Crippen LogP contribution in [-0.2, 0) is 23.4 Å². The molecule has 2 unspecified atom stereocenters.